The number of carbonyl (C=O) groups excluding carboxylic acids is 1. The van der Waals surface area contributed by atoms with E-state index in [4.69, 9.17) is 4.74 Å². The summed E-state index contributed by atoms with van der Waals surface area (Å²) in [5.74, 6) is -0.196. The number of hydrogen-bond donors (Lipinski definition) is 1. The molecule has 0 saturated heterocycles. The third-order valence-corrected chi connectivity index (χ3v) is 3.12. The van der Waals surface area contributed by atoms with Gasteiger partial charge in [-0.25, -0.2) is 0 Å². The van der Waals surface area contributed by atoms with Crippen LogP contribution in [0.5, 0.6) is 0 Å². The highest BCUT2D eigenvalue weighted by Crippen LogP contribution is 2.16. The predicted octanol–water partition coefficient (Wildman–Crippen LogP) is 2.41. The van der Waals surface area contributed by atoms with E-state index in [0.717, 1.165) is 24.3 Å². The highest BCUT2D eigenvalue weighted by molar-refractivity contribution is 7.15. The Labute approximate surface area is 111 Å². The quantitative estimate of drug-likeness (QED) is 0.581. The lowest BCUT2D eigenvalue weighted by atomic mass is 10.3. The molecule has 18 heavy (non-hydrogen) atoms. The van der Waals surface area contributed by atoms with Crippen LogP contribution in [-0.4, -0.2) is 28.8 Å². The van der Waals surface area contributed by atoms with Gasteiger partial charge in [-0.1, -0.05) is 24.3 Å². The molecule has 0 spiro atoms. The number of aryl methyl sites for hydroxylation is 1. The molecule has 5 nitrogen and oxygen atoms in total. The molecule has 1 amide bonds. The minimum absolute atomic E-state index is 0.196. The molecule has 0 fully saturated rings. The molecule has 1 aromatic rings. The lowest BCUT2D eigenvalue weighted by Crippen LogP contribution is -2.27. The summed E-state index contributed by atoms with van der Waals surface area (Å²) in [6, 6.07) is 0. The zero-order valence-corrected chi connectivity index (χ0v) is 11.6. The number of anilines is 1. The Kier molecular flexibility index (Phi) is 6.53. The van der Waals surface area contributed by atoms with Gasteiger partial charge in [-0.15, -0.1) is 16.8 Å². The van der Waals surface area contributed by atoms with Gasteiger partial charge in [0.2, 0.25) is 5.13 Å². The summed E-state index contributed by atoms with van der Waals surface area (Å²) in [5, 5.41) is 12.1. The van der Waals surface area contributed by atoms with Crippen LogP contribution in [0.2, 0.25) is 0 Å². The molecule has 1 unspecified atom stereocenters. The van der Waals surface area contributed by atoms with Crippen LogP contribution in [0.25, 0.3) is 0 Å². The van der Waals surface area contributed by atoms with Gasteiger partial charge < -0.3 is 4.74 Å². The fraction of sp³-hybridized carbons (Fsp3) is 0.583. The number of hydrogen-bond acceptors (Lipinski definition) is 5. The van der Waals surface area contributed by atoms with Gasteiger partial charge in [-0.3, -0.25) is 10.1 Å². The Morgan fingerprint density at radius 2 is 2.39 bits per heavy atom. The lowest BCUT2D eigenvalue weighted by molar-refractivity contribution is -0.126. The Morgan fingerprint density at radius 3 is 3.06 bits per heavy atom. The number of amides is 1. The molecular weight excluding hydrogens is 250 g/mol. The van der Waals surface area contributed by atoms with Gasteiger partial charge in [0.1, 0.15) is 11.1 Å². The summed E-state index contributed by atoms with van der Waals surface area (Å²) >= 11 is 1.41. The topological polar surface area (TPSA) is 64.1 Å². The zero-order valence-electron chi connectivity index (χ0n) is 10.8. The van der Waals surface area contributed by atoms with Crippen LogP contribution in [0, 0.1) is 0 Å². The molecule has 0 aliphatic carbocycles. The molecule has 1 aromatic heterocycles. The van der Waals surface area contributed by atoms with Crippen molar-refractivity contribution in [2.24, 2.45) is 0 Å². The number of nitrogens with one attached hydrogen (secondary N) is 1. The van der Waals surface area contributed by atoms with Gasteiger partial charge in [-0.2, -0.15) is 0 Å². The zero-order chi connectivity index (χ0) is 13.4. The molecule has 1 N–H and O–H groups in total. The minimum atomic E-state index is -0.497. The molecule has 1 atom stereocenters. The number of ether oxygens (including phenoxy) is 1. The summed E-state index contributed by atoms with van der Waals surface area (Å²) < 4.78 is 5.34. The summed E-state index contributed by atoms with van der Waals surface area (Å²) in [5.41, 5.74) is 0. The van der Waals surface area contributed by atoms with Crippen LogP contribution >= 0.6 is 11.3 Å². The van der Waals surface area contributed by atoms with Crippen molar-refractivity contribution in [3.05, 3.63) is 17.7 Å². The van der Waals surface area contributed by atoms with Crippen molar-refractivity contribution in [3.8, 4) is 0 Å². The molecule has 6 heteroatoms. The van der Waals surface area contributed by atoms with Crippen LogP contribution in [0.3, 0.4) is 0 Å². The van der Waals surface area contributed by atoms with Gasteiger partial charge in [0.25, 0.3) is 5.91 Å². The first kappa shape index (κ1) is 14.8. The maximum atomic E-state index is 11.8. The summed E-state index contributed by atoms with van der Waals surface area (Å²) in [6.45, 7) is 7.88. The molecule has 1 heterocycles. The average Bonchev–Trinajstić information content (AvgIpc) is 2.77. The van der Waals surface area contributed by atoms with Crippen LogP contribution in [-0.2, 0) is 16.0 Å². The van der Waals surface area contributed by atoms with Crippen molar-refractivity contribution in [2.75, 3.05) is 11.9 Å². The van der Waals surface area contributed by atoms with Crippen molar-refractivity contribution >= 4 is 22.4 Å². The highest BCUT2D eigenvalue weighted by atomic mass is 32.1. The van der Waals surface area contributed by atoms with Crippen molar-refractivity contribution in [1.29, 1.82) is 0 Å². The van der Waals surface area contributed by atoms with E-state index in [1.54, 1.807) is 13.0 Å². The number of nitrogens with zero attached hydrogens (tertiary/aromatic N) is 2. The van der Waals surface area contributed by atoms with Crippen molar-refractivity contribution in [1.82, 2.24) is 10.2 Å². The normalized spacial score (nSPS) is 12.1. The summed E-state index contributed by atoms with van der Waals surface area (Å²) in [7, 11) is 0. The lowest BCUT2D eigenvalue weighted by Gasteiger charge is -2.10. The first-order valence-corrected chi connectivity index (χ1v) is 6.84. The van der Waals surface area contributed by atoms with E-state index in [9.17, 15) is 4.79 Å². The first-order valence-electron chi connectivity index (χ1n) is 6.03. The van der Waals surface area contributed by atoms with Gasteiger partial charge >= 0.3 is 0 Å². The third kappa shape index (κ3) is 4.93. The van der Waals surface area contributed by atoms with E-state index in [1.807, 2.05) is 0 Å². The number of rotatable bonds is 8. The third-order valence-electron chi connectivity index (χ3n) is 2.22. The second-order valence-corrected chi connectivity index (χ2v) is 4.89. The monoisotopic (exact) mass is 269 g/mol. The molecule has 0 aliphatic heterocycles. The van der Waals surface area contributed by atoms with Crippen LogP contribution in [0.1, 0.15) is 31.7 Å². The average molecular weight is 269 g/mol. The molecule has 100 valence electrons. The van der Waals surface area contributed by atoms with Crippen LogP contribution < -0.4 is 5.32 Å². The van der Waals surface area contributed by atoms with Gasteiger partial charge in [0, 0.05) is 6.42 Å². The Hall–Kier alpha value is -1.27. The van der Waals surface area contributed by atoms with E-state index in [-0.39, 0.29) is 5.91 Å². The minimum Gasteiger partial charge on any atom is -0.368 e. The fourth-order valence-electron chi connectivity index (χ4n) is 1.23. The molecule has 0 aliphatic rings. The molecule has 1 rings (SSSR count). The first-order chi connectivity index (χ1) is 8.67. The second-order valence-electron chi connectivity index (χ2n) is 3.83. The fourth-order valence-corrected chi connectivity index (χ4v) is 2.07. The predicted molar refractivity (Wildman–Crippen MR) is 72.8 cm³/mol. The van der Waals surface area contributed by atoms with Crippen molar-refractivity contribution < 1.29 is 9.53 Å². The largest absolute Gasteiger partial charge is 0.368 e. The van der Waals surface area contributed by atoms with Crippen LogP contribution in [0.4, 0.5) is 5.13 Å². The molecular formula is C12H19N3O2S. The summed E-state index contributed by atoms with van der Waals surface area (Å²) in [6.07, 6.45) is 3.90. The van der Waals surface area contributed by atoms with E-state index < -0.39 is 6.10 Å². The highest BCUT2D eigenvalue weighted by Gasteiger charge is 2.15. The second kappa shape index (κ2) is 7.94. The van der Waals surface area contributed by atoms with E-state index >= 15 is 0 Å². The van der Waals surface area contributed by atoms with E-state index in [2.05, 4.69) is 29.0 Å². The smallest absolute Gasteiger partial charge is 0.255 e. The number of aromatic nitrogens is 2. The van der Waals surface area contributed by atoms with Gasteiger partial charge in [0.05, 0.1) is 6.61 Å². The molecule has 0 bridgehead atoms. The maximum Gasteiger partial charge on any atom is 0.255 e. The van der Waals surface area contributed by atoms with Gasteiger partial charge in [-0.05, 0) is 19.8 Å². The van der Waals surface area contributed by atoms with E-state index in [0.29, 0.717) is 11.7 Å². The standard InChI is InChI=1S/C12H19N3O2S/c1-4-6-8-17-9(3)11(16)13-12-15-14-10(18-12)7-5-2/h4,9H,1,5-8H2,2-3H3,(H,13,15,16). The van der Waals surface area contributed by atoms with E-state index in [1.165, 1.54) is 11.3 Å². The SMILES string of the molecule is C=CCCOC(C)C(=O)Nc1nnc(CCC)s1. The Balaban J connectivity index is 2.39. The number of carbonyl (C=O) groups is 1. The van der Waals surface area contributed by atoms with Crippen LogP contribution in [0.15, 0.2) is 12.7 Å². The Bertz CT molecular complexity index is 392. The van der Waals surface area contributed by atoms with Crippen molar-refractivity contribution in [3.63, 3.8) is 0 Å². The molecule has 0 aromatic carbocycles. The molecule has 0 radical (unpaired) electrons. The maximum absolute atomic E-state index is 11.8. The van der Waals surface area contributed by atoms with Crippen molar-refractivity contribution in [2.45, 2.75) is 39.2 Å². The Morgan fingerprint density at radius 1 is 1.61 bits per heavy atom. The molecule has 0 saturated carbocycles. The van der Waals surface area contributed by atoms with Gasteiger partial charge in [0.15, 0.2) is 0 Å². The summed E-state index contributed by atoms with van der Waals surface area (Å²) in [4.78, 5) is 11.8.